The van der Waals surface area contributed by atoms with Crippen molar-refractivity contribution >= 4 is 33.5 Å². The number of methoxy groups -OCH3 is 1. The Kier molecular flexibility index (Phi) is 4.70. The van der Waals surface area contributed by atoms with Crippen molar-refractivity contribution in [1.82, 2.24) is 0 Å². The topological polar surface area (TPSA) is 55.4 Å². The molecule has 108 valence electrons. The van der Waals surface area contributed by atoms with E-state index in [4.69, 9.17) is 0 Å². The number of carbonyl (C=O) groups is 2. The summed E-state index contributed by atoms with van der Waals surface area (Å²) in [4.78, 5) is 23.8. The fraction of sp³-hybridized carbons (Fsp3) is 0.0667. The summed E-state index contributed by atoms with van der Waals surface area (Å²) >= 11 is 3.03. The quantitative estimate of drug-likeness (QED) is 0.859. The van der Waals surface area contributed by atoms with Crippen LogP contribution >= 0.6 is 15.9 Å². The summed E-state index contributed by atoms with van der Waals surface area (Å²) in [5.41, 5.74) is 0.654. The summed E-state index contributed by atoms with van der Waals surface area (Å²) in [6.07, 6.45) is 0. The number of hydrogen-bond acceptors (Lipinski definition) is 3. The van der Waals surface area contributed by atoms with Crippen LogP contribution in [0.4, 0.5) is 10.1 Å². The molecule has 0 saturated heterocycles. The SMILES string of the molecule is COC(=O)c1ccccc1NC(=O)c1cccc(F)c1Br. The van der Waals surface area contributed by atoms with Crippen molar-refractivity contribution in [3.05, 3.63) is 63.9 Å². The minimum Gasteiger partial charge on any atom is -0.465 e. The van der Waals surface area contributed by atoms with Crippen molar-refractivity contribution in [2.45, 2.75) is 0 Å². The number of para-hydroxylation sites is 1. The van der Waals surface area contributed by atoms with Crippen LogP contribution in [-0.4, -0.2) is 19.0 Å². The molecule has 0 atom stereocenters. The van der Waals surface area contributed by atoms with Gasteiger partial charge in [-0.25, -0.2) is 9.18 Å². The lowest BCUT2D eigenvalue weighted by Gasteiger charge is -2.10. The summed E-state index contributed by atoms with van der Waals surface area (Å²) in [5.74, 6) is -1.63. The third kappa shape index (κ3) is 3.28. The molecular formula is C15H11BrFNO3. The Morgan fingerprint density at radius 3 is 2.48 bits per heavy atom. The Hall–Kier alpha value is -2.21. The van der Waals surface area contributed by atoms with E-state index in [0.717, 1.165) is 0 Å². The monoisotopic (exact) mass is 351 g/mol. The van der Waals surface area contributed by atoms with Crippen LogP contribution in [0, 0.1) is 5.82 Å². The Labute approximate surface area is 129 Å². The molecule has 2 rings (SSSR count). The summed E-state index contributed by atoms with van der Waals surface area (Å²) in [6.45, 7) is 0. The van der Waals surface area contributed by atoms with Crippen LogP contribution < -0.4 is 5.32 Å². The minimum absolute atomic E-state index is 0.0676. The van der Waals surface area contributed by atoms with Gasteiger partial charge in [-0.15, -0.1) is 0 Å². The van der Waals surface area contributed by atoms with Gasteiger partial charge in [0.05, 0.1) is 28.4 Å². The zero-order valence-electron chi connectivity index (χ0n) is 11.0. The van der Waals surface area contributed by atoms with E-state index in [2.05, 4.69) is 26.0 Å². The van der Waals surface area contributed by atoms with Crippen molar-refractivity contribution in [3.8, 4) is 0 Å². The number of ether oxygens (including phenoxy) is 1. The highest BCUT2D eigenvalue weighted by Gasteiger charge is 2.17. The highest BCUT2D eigenvalue weighted by atomic mass is 79.9. The molecule has 0 saturated carbocycles. The second-order valence-electron chi connectivity index (χ2n) is 4.09. The van der Waals surface area contributed by atoms with E-state index >= 15 is 0 Å². The maximum absolute atomic E-state index is 13.4. The van der Waals surface area contributed by atoms with Gasteiger partial charge in [-0.05, 0) is 40.2 Å². The van der Waals surface area contributed by atoms with E-state index in [0.29, 0.717) is 5.69 Å². The van der Waals surface area contributed by atoms with Crippen LogP contribution in [0.2, 0.25) is 0 Å². The van der Waals surface area contributed by atoms with Gasteiger partial charge in [0.1, 0.15) is 5.82 Å². The Bertz CT molecular complexity index is 703. The second-order valence-corrected chi connectivity index (χ2v) is 4.89. The lowest BCUT2D eigenvalue weighted by atomic mass is 10.1. The highest BCUT2D eigenvalue weighted by molar-refractivity contribution is 9.10. The Morgan fingerprint density at radius 2 is 1.76 bits per heavy atom. The normalized spacial score (nSPS) is 10.0. The molecule has 0 bridgehead atoms. The molecule has 2 aromatic rings. The van der Waals surface area contributed by atoms with E-state index in [1.54, 1.807) is 18.2 Å². The van der Waals surface area contributed by atoms with Crippen molar-refractivity contribution in [2.75, 3.05) is 12.4 Å². The Balaban J connectivity index is 2.32. The molecule has 4 nitrogen and oxygen atoms in total. The van der Waals surface area contributed by atoms with E-state index in [1.165, 1.54) is 31.4 Å². The van der Waals surface area contributed by atoms with Crippen molar-refractivity contribution in [2.24, 2.45) is 0 Å². The summed E-state index contributed by atoms with van der Waals surface area (Å²) in [5, 5.41) is 2.57. The number of anilines is 1. The summed E-state index contributed by atoms with van der Waals surface area (Å²) in [6, 6.07) is 10.6. The molecule has 1 amide bonds. The van der Waals surface area contributed by atoms with Gasteiger partial charge >= 0.3 is 5.97 Å². The molecule has 0 fully saturated rings. The molecule has 0 unspecified atom stereocenters. The first-order valence-electron chi connectivity index (χ1n) is 5.97. The minimum atomic E-state index is -0.566. The molecule has 0 aliphatic rings. The van der Waals surface area contributed by atoms with E-state index in [9.17, 15) is 14.0 Å². The number of rotatable bonds is 3. The number of nitrogens with one attached hydrogen (secondary N) is 1. The number of esters is 1. The maximum Gasteiger partial charge on any atom is 0.339 e. The fourth-order valence-electron chi connectivity index (χ4n) is 1.75. The fourth-order valence-corrected chi connectivity index (χ4v) is 2.19. The molecule has 0 spiro atoms. The van der Waals surface area contributed by atoms with E-state index in [1.807, 2.05) is 0 Å². The number of hydrogen-bond donors (Lipinski definition) is 1. The number of benzene rings is 2. The second kappa shape index (κ2) is 6.49. The van der Waals surface area contributed by atoms with Crippen molar-refractivity contribution < 1.29 is 18.7 Å². The smallest absolute Gasteiger partial charge is 0.339 e. The van der Waals surface area contributed by atoms with E-state index in [-0.39, 0.29) is 15.6 Å². The molecule has 1 N–H and O–H groups in total. The van der Waals surface area contributed by atoms with Crippen LogP contribution in [0.25, 0.3) is 0 Å². The average Bonchev–Trinajstić information content (AvgIpc) is 2.49. The van der Waals surface area contributed by atoms with Gasteiger partial charge < -0.3 is 10.1 Å². The molecule has 0 aliphatic carbocycles. The third-order valence-electron chi connectivity index (χ3n) is 2.78. The first kappa shape index (κ1) is 15.2. The predicted octanol–water partition coefficient (Wildman–Crippen LogP) is 3.63. The average molecular weight is 352 g/mol. The maximum atomic E-state index is 13.4. The van der Waals surface area contributed by atoms with Gasteiger partial charge in [-0.2, -0.15) is 0 Å². The number of amides is 1. The summed E-state index contributed by atoms with van der Waals surface area (Å²) < 4.78 is 18.2. The lowest BCUT2D eigenvalue weighted by molar-refractivity contribution is 0.0602. The van der Waals surface area contributed by atoms with Crippen LogP contribution in [0.3, 0.4) is 0 Å². The van der Waals surface area contributed by atoms with Crippen molar-refractivity contribution in [1.29, 1.82) is 0 Å². The highest BCUT2D eigenvalue weighted by Crippen LogP contribution is 2.23. The van der Waals surface area contributed by atoms with Crippen LogP contribution in [-0.2, 0) is 4.74 Å². The first-order chi connectivity index (χ1) is 10.0. The van der Waals surface area contributed by atoms with Gasteiger partial charge in [0.25, 0.3) is 5.91 Å². The molecule has 0 heterocycles. The first-order valence-corrected chi connectivity index (χ1v) is 6.76. The molecule has 0 radical (unpaired) electrons. The van der Waals surface area contributed by atoms with Crippen LogP contribution in [0.1, 0.15) is 20.7 Å². The van der Waals surface area contributed by atoms with Gasteiger partial charge in [0.15, 0.2) is 0 Å². The van der Waals surface area contributed by atoms with Crippen molar-refractivity contribution in [3.63, 3.8) is 0 Å². The summed E-state index contributed by atoms with van der Waals surface area (Å²) in [7, 11) is 1.25. The molecule has 0 aliphatic heterocycles. The zero-order valence-corrected chi connectivity index (χ0v) is 12.6. The van der Waals surface area contributed by atoms with Gasteiger partial charge in [-0.3, -0.25) is 4.79 Å². The lowest BCUT2D eigenvalue weighted by Crippen LogP contribution is -2.16. The Morgan fingerprint density at radius 1 is 1.10 bits per heavy atom. The zero-order chi connectivity index (χ0) is 15.4. The standard InChI is InChI=1S/C15H11BrFNO3/c1-21-15(20)9-5-2-3-8-12(9)18-14(19)10-6-4-7-11(17)13(10)16/h2-8H,1H3,(H,18,19). The van der Waals surface area contributed by atoms with Crippen LogP contribution in [0.5, 0.6) is 0 Å². The molecule has 6 heteroatoms. The van der Waals surface area contributed by atoms with Gasteiger partial charge in [-0.1, -0.05) is 18.2 Å². The molecule has 2 aromatic carbocycles. The largest absolute Gasteiger partial charge is 0.465 e. The van der Waals surface area contributed by atoms with Crippen LogP contribution in [0.15, 0.2) is 46.9 Å². The third-order valence-corrected chi connectivity index (χ3v) is 3.58. The number of halogens is 2. The van der Waals surface area contributed by atoms with E-state index < -0.39 is 17.7 Å². The van der Waals surface area contributed by atoms with Gasteiger partial charge in [0, 0.05) is 0 Å². The molecule has 21 heavy (non-hydrogen) atoms. The molecule has 0 aromatic heterocycles. The predicted molar refractivity (Wildman–Crippen MR) is 79.8 cm³/mol. The molecular weight excluding hydrogens is 341 g/mol. The van der Waals surface area contributed by atoms with Gasteiger partial charge in [0.2, 0.25) is 0 Å². The number of carbonyl (C=O) groups excluding carboxylic acids is 2.